The molecular formula is C16H15N3O3. The molecule has 22 heavy (non-hydrogen) atoms. The zero-order valence-electron chi connectivity index (χ0n) is 12.1. The van der Waals surface area contributed by atoms with E-state index in [4.69, 9.17) is 10.00 Å². The van der Waals surface area contributed by atoms with Gasteiger partial charge in [0.2, 0.25) is 5.91 Å². The fourth-order valence-corrected chi connectivity index (χ4v) is 2.01. The Morgan fingerprint density at radius 2 is 2.00 bits per heavy atom. The van der Waals surface area contributed by atoms with Crippen LogP contribution in [0, 0.1) is 11.3 Å². The molecule has 1 aromatic carbocycles. The van der Waals surface area contributed by atoms with E-state index in [-0.39, 0.29) is 18.7 Å². The second-order valence-electron chi connectivity index (χ2n) is 4.39. The van der Waals surface area contributed by atoms with Crippen molar-refractivity contribution in [2.45, 2.75) is 13.3 Å². The summed E-state index contributed by atoms with van der Waals surface area (Å²) < 4.78 is 6.69. The number of para-hydroxylation sites is 1. The molecule has 0 atom stereocenters. The van der Waals surface area contributed by atoms with Gasteiger partial charge in [-0.3, -0.25) is 4.79 Å². The van der Waals surface area contributed by atoms with Gasteiger partial charge in [0.15, 0.2) is 5.69 Å². The van der Waals surface area contributed by atoms with E-state index >= 15 is 0 Å². The van der Waals surface area contributed by atoms with Crippen molar-refractivity contribution in [1.29, 1.82) is 5.26 Å². The summed E-state index contributed by atoms with van der Waals surface area (Å²) in [6.07, 6.45) is 1.39. The molecule has 1 heterocycles. The highest BCUT2D eigenvalue weighted by atomic mass is 16.5. The molecule has 6 heteroatoms. The van der Waals surface area contributed by atoms with E-state index in [2.05, 4.69) is 5.32 Å². The summed E-state index contributed by atoms with van der Waals surface area (Å²) in [5.41, 5.74) is 1.31. The van der Waals surface area contributed by atoms with E-state index in [1.165, 1.54) is 0 Å². The topological polar surface area (TPSA) is 84.1 Å². The first kappa shape index (κ1) is 15.3. The normalized spacial score (nSPS) is 9.82. The first-order valence-electron chi connectivity index (χ1n) is 6.78. The van der Waals surface area contributed by atoms with E-state index in [0.717, 1.165) is 5.69 Å². The average molecular weight is 297 g/mol. The van der Waals surface area contributed by atoms with Gasteiger partial charge in [-0.1, -0.05) is 18.2 Å². The highest BCUT2D eigenvalue weighted by Crippen LogP contribution is 2.23. The molecule has 0 saturated carbocycles. The number of benzene rings is 1. The number of esters is 1. The third-order valence-corrected chi connectivity index (χ3v) is 2.90. The lowest BCUT2D eigenvalue weighted by molar-refractivity contribution is -0.115. The number of aromatic nitrogens is 1. The number of anilines is 1. The molecule has 0 unspecified atom stereocenters. The molecule has 1 amide bonds. The van der Waals surface area contributed by atoms with Crippen LogP contribution in [0.3, 0.4) is 0 Å². The summed E-state index contributed by atoms with van der Waals surface area (Å²) in [6, 6.07) is 12.6. The van der Waals surface area contributed by atoms with Crippen LogP contribution in [0.2, 0.25) is 0 Å². The van der Waals surface area contributed by atoms with Gasteiger partial charge < -0.3 is 14.6 Å². The zero-order chi connectivity index (χ0) is 15.9. The highest BCUT2D eigenvalue weighted by molar-refractivity contribution is 6.01. The van der Waals surface area contributed by atoms with Crippen molar-refractivity contribution >= 4 is 17.6 Å². The molecule has 6 nitrogen and oxygen atoms in total. The molecule has 1 N–H and O–H groups in total. The van der Waals surface area contributed by atoms with Gasteiger partial charge in [0, 0.05) is 11.9 Å². The molecule has 0 bridgehead atoms. The quantitative estimate of drug-likeness (QED) is 0.859. The Hall–Kier alpha value is -3.07. The van der Waals surface area contributed by atoms with Crippen LogP contribution in [-0.2, 0) is 9.53 Å². The number of carbonyl (C=O) groups is 2. The molecule has 0 aliphatic heterocycles. The number of nitrogens with zero attached hydrogens (tertiary/aromatic N) is 2. The minimum absolute atomic E-state index is 0.222. The number of nitriles is 1. The Morgan fingerprint density at radius 3 is 2.64 bits per heavy atom. The molecular weight excluding hydrogens is 282 g/mol. The Labute approximate surface area is 127 Å². The average Bonchev–Trinajstić information content (AvgIpc) is 2.92. The summed E-state index contributed by atoms with van der Waals surface area (Å²) in [7, 11) is 0. The third-order valence-electron chi connectivity index (χ3n) is 2.90. The number of amides is 1. The summed E-state index contributed by atoms with van der Waals surface area (Å²) in [6.45, 7) is 1.94. The van der Waals surface area contributed by atoms with Gasteiger partial charge in [0.25, 0.3) is 0 Å². The van der Waals surface area contributed by atoms with Gasteiger partial charge >= 0.3 is 5.97 Å². The number of hydrogen-bond donors (Lipinski definition) is 1. The van der Waals surface area contributed by atoms with Crippen molar-refractivity contribution in [2.24, 2.45) is 0 Å². The van der Waals surface area contributed by atoms with Crippen molar-refractivity contribution in [2.75, 3.05) is 11.9 Å². The third kappa shape index (κ3) is 3.33. The van der Waals surface area contributed by atoms with E-state index in [1.54, 1.807) is 29.8 Å². The Morgan fingerprint density at radius 1 is 1.27 bits per heavy atom. The fourth-order valence-electron chi connectivity index (χ4n) is 2.01. The van der Waals surface area contributed by atoms with E-state index < -0.39 is 11.9 Å². The largest absolute Gasteiger partial charge is 0.461 e. The van der Waals surface area contributed by atoms with Crippen molar-refractivity contribution in [3.8, 4) is 11.8 Å². The SMILES string of the molecule is CCOC(=O)c1c(NC(=O)CC#N)ccn1-c1ccccc1. The summed E-state index contributed by atoms with van der Waals surface area (Å²) in [4.78, 5) is 23.8. The molecule has 0 aliphatic rings. The summed E-state index contributed by atoms with van der Waals surface area (Å²) >= 11 is 0. The van der Waals surface area contributed by atoms with Crippen molar-refractivity contribution < 1.29 is 14.3 Å². The molecule has 0 spiro atoms. The minimum Gasteiger partial charge on any atom is -0.461 e. The lowest BCUT2D eigenvalue weighted by Gasteiger charge is -2.11. The molecule has 2 rings (SSSR count). The molecule has 0 saturated heterocycles. The predicted molar refractivity (Wildman–Crippen MR) is 80.6 cm³/mol. The monoisotopic (exact) mass is 297 g/mol. The predicted octanol–water partition coefficient (Wildman–Crippen LogP) is 2.51. The summed E-state index contributed by atoms with van der Waals surface area (Å²) in [5.74, 6) is -1.01. The Kier molecular flexibility index (Phi) is 4.94. The van der Waals surface area contributed by atoms with Crippen molar-refractivity contribution in [3.05, 3.63) is 48.3 Å². The Balaban J connectivity index is 2.43. The number of ether oxygens (including phenoxy) is 1. The maximum absolute atomic E-state index is 12.2. The van der Waals surface area contributed by atoms with Crippen molar-refractivity contribution in [3.63, 3.8) is 0 Å². The molecule has 2 aromatic rings. The van der Waals surface area contributed by atoms with Crippen LogP contribution in [0.5, 0.6) is 0 Å². The zero-order valence-corrected chi connectivity index (χ0v) is 12.1. The Bertz CT molecular complexity index is 714. The van der Waals surface area contributed by atoms with Crippen LogP contribution >= 0.6 is 0 Å². The van der Waals surface area contributed by atoms with Crippen LogP contribution in [0.15, 0.2) is 42.6 Å². The second kappa shape index (κ2) is 7.09. The lowest BCUT2D eigenvalue weighted by Crippen LogP contribution is -2.16. The van der Waals surface area contributed by atoms with Crippen LogP contribution in [-0.4, -0.2) is 23.1 Å². The maximum atomic E-state index is 12.2. The fraction of sp³-hybridized carbons (Fsp3) is 0.188. The van der Waals surface area contributed by atoms with Gasteiger partial charge in [-0.15, -0.1) is 0 Å². The van der Waals surface area contributed by atoms with Crippen LogP contribution in [0.25, 0.3) is 5.69 Å². The first-order valence-corrected chi connectivity index (χ1v) is 6.78. The van der Waals surface area contributed by atoms with Crippen molar-refractivity contribution in [1.82, 2.24) is 4.57 Å². The van der Waals surface area contributed by atoms with Gasteiger partial charge in [-0.05, 0) is 25.1 Å². The van der Waals surface area contributed by atoms with Gasteiger partial charge in [-0.2, -0.15) is 5.26 Å². The van der Waals surface area contributed by atoms with Crippen LogP contribution < -0.4 is 5.32 Å². The van der Waals surface area contributed by atoms with Gasteiger partial charge in [0.05, 0.1) is 18.4 Å². The molecule has 0 aliphatic carbocycles. The standard InChI is InChI=1S/C16H15N3O3/c1-2-22-16(21)15-13(18-14(20)8-10-17)9-11-19(15)12-6-4-3-5-7-12/h3-7,9,11H,2,8H2,1H3,(H,18,20). The highest BCUT2D eigenvalue weighted by Gasteiger charge is 2.20. The smallest absolute Gasteiger partial charge is 0.357 e. The lowest BCUT2D eigenvalue weighted by atomic mass is 10.3. The molecule has 0 radical (unpaired) electrons. The van der Waals surface area contributed by atoms with E-state index in [1.807, 2.05) is 30.3 Å². The molecule has 112 valence electrons. The number of rotatable bonds is 5. The minimum atomic E-state index is -0.538. The van der Waals surface area contributed by atoms with Crippen LogP contribution in [0.1, 0.15) is 23.8 Å². The summed E-state index contributed by atoms with van der Waals surface area (Å²) in [5, 5.41) is 11.1. The molecule has 0 fully saturated rings. The number of hydrogen-bond acceptors (Lipinski definition) is 4. The van der Waals surface area contributed by atoms with Crippen LogP contribution in [0.4, 0.5) is 5.69 Å². The maximum Gasteiger partial charge on any atom is 0.357 e. The van der Waals surface area contributed by atoms with Gasteiger partial charge in [-0.25, -0.2) is 4.79 Å². The second-order valence-corrected chi connectivity index (χ2v) is 4.39. The number of carbonyl (C=O) groups excluding carboxylic acids is 2. The number of nitrogens with one attached hydrogen (secondary N) is 1. The first-order chi connectivity index (χ1) is 10.7. The van der Waals surface area contributed by atoms with Gasteiger partial charge in [0.1, 0.15) is 6.42 Å². The van der Waals surface area contributed by atoms with E-state index in [9.17, 15) is 9.59 Å². The molecule has 1 aromatic heterocycles. The van der Waals surface area contributed by atoms with E-state index in [0.29, 0.717) is 5.69 Å².